The first-order valence-electron chi connectivity index (χ1n) is 7.91. The fourth-order valence-corrected chi connectivity index (χ4v) is 2.13. The van der Waals surface area contributed by atoms with Crippen LogP contribution in [0, 0.1) is 0 Å². The SMILES string of the molecule is O=C(COc1ccc(Oc2ccccc2)cc1)NCc1ccncc1. The largest absolute Gasteiger partial charge is 0.484 e. The molecule has 1 aromatic heterocycles. The van der Waals surface area contributed by atoms with Crippen molar-refractivity contribution in [2.24, 2.45) is 0 Å². The van der Waals surface area contributed by atoms with Crippen LogP contribution in [0.25, 0.3) is 0 Å². The summed E-state index contributed by atoms with van der Waals surface area (Å²) in [6.45, 7) is 0.415. The predicted molar refractivity (Wildman–Crippen MR) is 94.5 cm³/mol. The van der Waals surface area contributed by atoms with Crippen LogP contribution in [0.5, 0.6) is 17.2 Å². The van der Waals surface area contributed by atoms with Crippen LogP contribution < -0.4 is 14.8 Å². The molecule has 0 aliphatic carbocycles. The molecule has 0 spiro atoms. The minimum absolute atomic E-state index is 0.0377. The third-order valence-corrected chi connectivity index (χ3v) is 3.41. The van der Waals surface area contributed by atoms with Crippen molar-refractivity contribution in [1.29, 1.82) is 0 Å². The van der Waals surface area contributed by atoms with E-state index in [-0.39, 0.29) is 12.5 Å². The Kier molecular flexibility index (Phi) is 5.61. The molecule has 3 rings (SSSR count). The fraction of sp³-hybridized carbons (Fsp3) is 0.100. The summed E-state index contributed by atoms with van der Waals surface area (Å²) in [5.41, 5.74) is 0.991. The molecule has 0 bridgehead atoms. The maximum absolute atomic E-state index is 11.8. The molecular weight excluding hydrogens is 316 g/mol. The average Bonchev–Trinajstić information content (AvgIpc) is 2.67. The van der Waals surface area contributed by atoms with Gasteiger partial charge in [-0.2, -0.15) is 0 Å². The lowest BCUT2D eigenvalue weighted by Crippen LogP contribution is -2.28. The molecule has 0 aliphatic heterocycles. The summed E-state index contributed by atoms with van der Waals surface area (Å²) in [7, 11) is 0. The number of hydrogen-bond acceptors (Lipinski definition) is 4. The summed E-state index contributed by atoms with van der Waals surface area (Å²) >= 11 is 0. The lowest BCUT2D eigenvalue weighted by atomic mass is 10.3. The topological polar surface area (TPSA) is 60.5 Å². The first-order chi connectivity index (χ1) is 12.3. The van der Waals surface area contributed by atoms with Gasteiger partial charge in [0.15, 0.2) is 6.61 Å². The van der Waals surface area contributed by atoms with Crippen LogP contribution in [0.4, 0.5) is 0 Å². The molecule has 5 nitrogen and oxygen atoms in total. The van der Waals surface area contributed by atoms with Gasteiger partial charge in [0, 0.05) is 18.9 Å². The number of para-hydroxylation sites is 1. The number of nitrogens with zero attached hydrogens (tertiary/aromatic N) is 1. The average molecular weight is 334 g/mol. The second-order valence-corrected chi connectivity index (χ2v) is 5.31. The van der Waals surface area contributed by atoms with Crippen molar-refractivity contribution < 1.29 is 14.3 Å². The van der Waals surface area contributed by atoms with Crippen LogP contribution >= 0.6 is 0 Å². The molecule has 1 N–H and O–H groups in total. The van der Waals surface area contributed by atoms with Gasteiger partial charge in [0.05, 0.1) is 0 Å². The van der Waals surface area contributed by atoms with E-state index in [0.29, 0.717) is 18.0 Å². The quantitative estimate of drug-likeness (QED) is 0.717. The zero-order chi connectivity index (χ0) is 17.3. The van der Waals surface area contributed by atoms with Gasteiger partial charge < -0.3 is 14.8 Å². The second-order valence-electron chi connectivity index (χ2n) is 5.31. The summed E-state index contributed by atoms with van der Waals surface area (Å²) < 4.78 is 11.2. The zero-order valence-electron chi connectivity index (χ0n) is 13.6. The third kappa shape index (κ3) is 5.35. The van der Waals surface area contributed by atoms with Crippen molar-refractivity contribution in [1.82, 2.24) is 10.3 Å². The molecule has 0 radical (unpaired) electrons. The molecule has 0 fully saturated rings. The van der Waals surface area contributed by atoms with E-state index in [0.717, 1.165) is 11.3 Å². The minimum atomic E-state index is -0.179. The van der Waals surface area contributed by atoms with Crippen LogP contribution in [-0.4, -0.2) is 17.5 Å². The highest BCUT2D eigenvalue weighted by Gasteiger charge is 2.04. The fourth-order valence-electron chi connectivity index (χ4n) is 2.13. The van der Waals surface area contributed by atoms with Gasteiger partial charge in [-0.25, -0.2) is 0 Å². The molecule has 0 saturated heterocycles. The van der Waals surface area contributed by atoms with Crippen molar-refractivity contribution in [2.45, 2.75) is 6.54 Å². The van der Waals surface area contributed by atoms with E-state index in [1.54, 1.807) is 36.7 Å². The number of rotatable bonds is 7. The van der Waals surface area contributed by atoms with E-state index in [1.807, 2.05) is 42.5 Å². The molecule has 5 heteroatoms. The summed E-state index contributed by atoms with van der Waals surface area (Å²) in [6, 6.07) is 20.4. The van der Waals surface area contributed by atoms with E-state index in [2.05, 4.69) is 10.3 Å². The molecule has 126 valence electrons. The Labute approximate surface area is 146 Å². The molecule has 1 heterocycles. The number of carbonyl (C=O) groups is 1. The van der Waals surface area contributed by atoms with E-state index < -0.39 is 0 Å². The van der Waals surface area contributed by atoms with Gasteiger partial charge in [0.2, 0.25) is 0 Å². The van der Waals surface area contributed by atoms with Crippen molar-refractivity contribution >= 4 is 5.91 Å². The summed E-state index contributed by atoms with van der Waals surface area (Å²) in [4.78, 5) is 15.8. The van der Waals surface area contributed by atoms with Gasteiger partial charge in [-0.3, -0.25) is 9.78 Å². The van der Waals surface area contributed by atoms with E-state index in [4.69, 9.17) is 9.47 Å². The Balaban J connectivity index is 1.44. The predicted octanol–water partition coefficient (Wildman–Crippen LogP) is 3.57. The van der Waals surface area contributed by atoms with Gasteiger partial charge in [0.25, 0.3) is 5.91 Å². The lowest BCUT2D eigenvalue weighted by Gasteiger charge is -2.09. The Morgan fingerprint density at radius 1 is 0.840 bits per heavy atom. The van der Waals surface area contributed by atoms with Crippen LogP contribution in [-0.2, 0) is 11.3 Å². The van der Waals surface area contributed by atoms with Gasteiger partial charge in [-0.05, 0) is 54.1 Å². The molecule has 3 aromatic rings. The minimum Gasteiger partial charge on any atom is -0.484 e. The van der Waals surface area contributed by atoms with Crippen molar-refractivity contribution in [2.75, 3.05) is 6.61 Å². The number of nitrogens with one attached hydrogen (secondary N) is 1. The molecule has 0 saturated carbocycles. The smallest absolute Gasteiger partial charge is 0.258 e. The molecule has 1 amide bonds. The zero-order valence-corrected chi connectivity index (χ0v) is 13.6. The van der Waals surface area contributed by atoms with Gasteiger partial charge >= 0.3 is 0 Å². The van der Waals surface area contributed by atoms with Gasteiger partial charge in [-0.1, -0.05) is 18.2 Å². The Bertz CT molecular complexity index is 790. The monoisotopic (exact) mass is 334 g/mol. The maximum Gasteiger partial charge on any atom is 0.258 e. The number of hydrogen-bond donors (Lipinski definition) is 1. The summed E-state index contributed by atoms with van der Waals surface area (Å²) in [6.07, 6.45) is 3.38. The van der Waals surface area contributed by atoms with Crippen molar-refractivity contribution in [3.63, 3.8) is 0 Å². The van der Waals surface area contributed by atoms with Crippen LogP contribution in [0.15, 0.2) is 79.1 Å². The Morgan fingerprint density at radius 2 is 1.48 bits per heavy atom. The van der Waals surface area contributed by atoms with Crippen molar-refractivity contribution in [3.8, 4) is 17.2 Å². The highest BCUT2D eigenvalue weighted by Crippen LogP contribution is 2.23. The number of carbonyl (C=O) groups excluding carboxylic acids is 1. The molecule has 0 unspecified atom stereocenters. The first kappa shape index (κ1) is 16.5. The van der Waals surface area contributed by atoms with Crippen LogP contribution in [0.1, 0.15) is 5.56 Å². The highest BCUT2D eigenvalue weighted by molar-refractivity contribution is 5.77. The van der Waals surface area contributed by atoms with Gasteiger partial charge in [0.1, 0.15) is 17.2 Å². The second kappa shape index (κ2) is 8.49. The Hall–Kier alpha value is -3.34. The standard InChI is InChI=1S/C20H18N2O3/c23-20(22-14-16-10-12-21-13-11-16)15-24-17-6-8-19(9-7-17)25-18-4-2-1-3-5-18/h1-13H,14-15H2,(H,22,23). The van der Waals surface area contributed by atoms with Gasteiger partial charge in [-0.15, -0.1) is 0 Å². The van der Waals surface area contributed by atoms with E-state index in [9.17, 15) is 4.79 Å². The van der Waals surface area contributed by atoms with Crippen molar-refractivity contribution in [3.05, 3.63) is 84.7 Å². The van der Waals surface area contributed by atoms with E-state index in [1.165, 1.54) is 0 Å². The first-order valence-corrected chi connectivity index (χ1v) is 7.91. The molecular formula is C20H18N2O3. The maximum atomic E-state index is 11.8. The number of amides is 1. The van der Waals surface area contributed by atoms with E-state index >= 15 is 0 Å². The summed E-state index contributed by atoms with van der Waals surface area (Å²) in [5, 5.41) is 2.80. The molecule has 0 atom stereocenters. The normalized spacial score (nSPS) is 10.1. The summed E-state index contributed by atoms with van der Waals surface area (Å²) in [5.74, 6) is 1.91. The number of pyridine rings is 1. The molecule has 2 aromatic carbocycles. The highest BCUT2D eigenvalue weighted by atomic mass is 16.5. The van der Waals surface area contributed by atoms with Crippen LogP contribution in [0.2, 0.25) is 0 Å². The lowest BCUT2D eigenvalue weighted by molar-refractivity contribution is -0.123. The number of ether oxygens (including phenoxy) is 2. The molecule has 0 aliphatic rings. The van der Waals surface area contributed by atoms with Crippen LogP contribution in [0.3, 0.4) is 0 Å². The number of benzene rings is 2. The molecule has 25 heavy (non-hydrogen) atoms. The Morgan fingerprint density at radius 3 is 2.20 bits per heavy atom. The third-order valence-electron chi connectivity index (χ3n) is 3.41. The number of aromatic nitrogens is 1.